The van der Waals surface area contributed by atoms with Gasteiger partial charge in [-0.25, -0.2) is 4.99 Å². The molecule has 0 bridgehead atoms. The van der Waals surface area contributed by atoms with Gasteiger partial charge in [0, 0.05) is 40.8 Å². The summed E-state index contributed by atoms with van der Waals surface area (Å²) < 4.78 is 47.7. The summed E-state index contributed by atoms with van der Waals surface area (Å²) in [6, 6.07) is 5.99. The fourth-order valence-electron chi connectivity index (χ4n) is 2.74. The van der Waals surface area contributed by atoms with Crippen LogP contribution in [0, 0.1) is 6.92 Å². The molecule has 1 unspecified atom stereocenters. The normalized spacial score (nSPS) is 14.1. The van der Waals surface area contributed by atoms with Crippen molar-refractivity contribution >= 4 is 35.2 Å². The van der Waals surface area contributed by atoms with Crippen molar-refractivity contribution < 1.29 is 23.0 Å². The van der Waals surface area contributed by atoms with Gasteiger partial charge >= 0.3 is 6.18 Å². The van der Waals surface area contributed by atoms with Crippen LogP contribution in [0.3, 0.4) is 0 Å². The van der Waals surface area contributed by atoms with Crippen LogP contribution in [-0.2, 0) is 5.60 Å². The van der Waals surface area contributed by atoms with E-state index in [0.29, 0.717) is 17.8 Å². The third-order valence-electron chi connectivity index (χ3n) is 4.53. The topological polar surface area (TPSA) is 45.1 Å². The van der Waals surface area contributed by atoms with Gasteiger partial charge in [0.05, 0.1) is 19.1 Å². The maximum absolute atomic E-state index is 14.2. The Bertz CT molecular complexity index is 919. The summed E-state index contributed by atoms with van der Waals surface area (Å²) in [7, 11) is 3.04. The minimum absolute atomic E-state index is 0.149. The predicted octanol–water partition coefficient (Wildman–Crippen LogP) is 5.72. The Balaban J connectivity index is 2.75. The number of hydrogen-bond acceptors (Lipinski definition) is 3. The SMILES string of the molecule is CCN(C)C=Nc1cc(OC)c(C(O)(c2ccc(Cl)cc2Cl)C(F)(F)F)cc1C. The molecular formula is C20H21Cl2F3N2O2. The molecule has 158 valence electrons. The van der Waals surface area contributed by atoms with E-state index in [1.165, 1.54) is 25.3 Å². The Morgan fingerprint density at radius 3 is 2.34 bits per heavy atom. The van der Waals surface area contributed by atoms with Crippen LogP contribution in [0.1, 0.15) is 23.6 Å². The quantitative estimate of drug-likeness (QED) is 0.453. The summed E-state index contributed by atoms with van der Waals surface area (Å²) in [5, 5.41) is 10.8. The van der Waals surface area contributed by atoms with Gasteiger partial charge in [0.2, 0.25) is 5.60 Å². The smallest absolute Gasteiger partial charge is 0.425 e. The van der Waals surface area contributed by atoms with Crippen molar-refractivity contribution in [1.82, 2.24) is 4.90 Å². The summed E-state index contributed by atoms with van der Waals surface area (Å²) in [5.74, 6) is -0.173. The highest BCUT2D eigenvalue weighted by atomic mass is 35.5. The first-order valence-corrected chi connectivity index (χ1v) is 9.39. The zero-order chi connectivity index (χ0) is 22.0. The van der Waals surface area contributed by atoms with E-state index in [9.17, 15) is 18.3 Å². The molecule has 0 fully saturated rings. The van der Waals surface area contributed by atoms with Gasteiger partial charge < -0.3 is 14.7 Å². The lowest BCUT2D eigenvalue weighted by Gasteiger charge is -2.33. The van der Waals surface area contributed by atoms with Gasteiger partial charge in [-0.2, -0.15) is 13.2 Å². The summed E-state index contributed by atoms with van der Waals surface area (Å²) in [5.41, 5.74) is -3.60. The van der Waals surface area contributed by atoms with Crippen LogP contribution in [-0.4, -0.2) is 43.2 Å². The van der Waals surface area contributed by atoms with Gasteiger partial charge in [-0.15, -0.1) is 0 Å². The van der Waals surface area contributed by atoms with Gasteiger partial charge in [0.25, 0.3) is 0 Å². The van der Waals surface area contributed by atoms with Crippen molar-refractivity contribution in [3.8, 4) is 5.75 Å². The minimum atomic E-state index is -5.09. The van der Waals surface area contributed by atoms with Crippen LogP contribution in [0.4, 0.5) is 18.9 Å². The van der Waals surface area contributed by atoms with E-state index in [2.05, 4.69) is 4.99 Å². The molecule has 29 heavy (non-hydrogen) atoms. The standard InChI is InChI=1S/C20H21Cl2F3N2O2/c1-5-27(3)11-26-17-10-18(29-4)15(8-12(17)2)19(28,20(23,24)25)14-7-6-13(21)9-16(14)22/h6-11,28H,5H2,1-4H3. The molecule has 1 N–H and O–H groups in total. The average Bonchev–Trinajstić information content (AvgIpc) is 2.65. The van der Waals surface area contributed by atoms with Crippen LogP contribution in [0.5, 0.6) is 5.75 Å². The zero-order valence-electron chi connectivity index (χ0n) is 16.3. The number of methoxy groups -OCH3 is 1. The van der Waals surface area contributed by atoms with Crippen molar-refractivity contribution in [3.63, 3.8) is 0 Å². The zero-order valence-corrected chi connectivity index (χ0v) is 17.8. The number of alkyl halides is 3. The largest absolute Gasteiger partial charge is 0.496 e. The first-order chi connectivity index (χ1) is 13.4. The molecule has 0 radical (unpaired) electrons. The molecule has 2 aromatic carbocycles. The van der Waals surface area contributed by atoms with Gasteiger partial charge in [-0.1, -0.05) is 29.3 Å². The second-order valence-corrected chi connectivity index (χ2v) is 7.33. The molecule has 9 heteroatoms. The first-order valence-electron chi connectivity index (χ1n) is 8.63. The highest BCUT2D eigenvalue weighted by Gasteiger charge is 2.58. The molecule has 0 aliphatic rings. The minimum Gasteiger partial charge on any atom is -0.496 e. The van der Waals surface area contributed by atoms with Crippen LogP contribution < -0.4 is 4.74 Å². The molecule has 0 saturated carbocycles. The van der Waals surface area contributed by atoms with Gasteiger partial charge in [0.1, 0.15) is 5.75 Å². The van der Waals surface area contributed by atoms with E-state index in [1.807, 2.05) is 14.0 Å². The molecule has 2 aromatic rings. The molecule has 0 aromatic heterocycles. The Morgan fingerprint density at radius 1 is 1.17 bits per heavy atom. The predicted molar refractivity (Wildman–Crippen MR) is 110 cm³/mol. The number of ether oxygens (including phenoxy) is 1. The van der Waals surface area contributed by atoms with E-state index in [4.69, 9.17) is 27.9 Å². The second-order valence-electron chi connectivity index (χ2n) is 6.49. The summed E-state index contributed by atoms with van der Waals surface area (Å²) in [4.78, 5) is 6.09. The number of halogens is 5. The van der Waals surface area contributed by atoms with Gasteiger partial charge in [-0.05, 0) is 37.6 Å². The number of aliphatic imine (C=N–C) groups is 1. The van der Waals surface area contributed by atoms with Crippen LogP contribution in [0.2, 0.25) is 10.0 Å². The Labute approximate surface area is 177 Å². The van der Waals surface area contributed by atoms with Gasteiger partial charge in [-0.3, -0.25) is 0 Å². The highest BCUT2D eigenvalue weighted by Crippen LogP contribution is 2.50. The van der Waals surface area contributed by atoms with E-state index >= 15 is 0 Å². The number of aryl methyl sites for hydroxylation is 1. The number of benzene rings is 2. The molecule has 0 spiro atoms. The molecular weight excluding hydrogens is 428 g/mol. The van der Waals surface area contributed by atoms with Crippen LogP contribution >= 0.6 is 23.2 Å². The summed E-state index contributed by atoms with van der Waals surface area (Å²) in [6.07, 6.45) is -3.52. The number of rotatable bonds is 6. The molecule has 1 atom stereocenters. The fraction of sp³-hybridized carbons (Fsp3) is 0.350. The fourth-order valence-corrected chi connectivity index (χ4v) is 3.29. The Morgan fingerprint density at radius 2 is 1.83 bits per heavy atom. The molecule has 0 aliphatic carbocycles. The van der Waals surface area contributed by atoms with E-state index in [0.717, 1.165) is 12.1 Å². The molecule has 0 heterocycles. The second kappa shape index (κ2) is 8.81. The molecule has 4 nitrogen and oxygen atoms in total. The number of aliphatic hydroxyl groups is 1. The summed E-state index contributed by atoms with van der Waals surface area (Å²) in [6.45, 7) is 4.24. The highest BCUT2D eigenvalue weighted by molar-refractivity contribution is 6.35. The maximum atomic E-state index is 14.2. The molecule has 0 amide bonds. The lowest BCUT2D eigenvalue weighted by Crippen LogP contribution is -2.44. The Hall–Kier alpha value is -1.96. The number of nitrogens with zero attached hydrogens (tertiary/aromatic N) is 2. The first kappa shape index (κ1) is 23.3. The monoisotopic (exact) mass is 448 g/mol. The van der Waals surface area contributed by atoms with Crippen molar-refractivity contribution in [2.45, 2.75) is 25.6 Å². The van der Waals surface area contributed by atoms with Gasteiger partial charge in [0.15, 0.2) is 0 Å². The third kappa shape index (κ3) is 4.63. The van der Waals surface area contributed by atoms with Crippen LogP contribution in [0.25, 0.3) is 0 Å². The molecule has 0 saturated heterocycles. The van der Waals surface area contributed by atoms with Crippen molar-refractivity contribution in [2.24, 2.45) is 4.99 Å². The van der Waals surface area contributed by atoms with Crippen molar-refractivity contribution in [1.29, 1.82) is 0 Å². The van der Waals surface area contributed by atoms with Crippen LogP contribution in [0.15, 0.2) is 35.3 Å². The average molecular weight is 449 g/mol. The molecule has 2 rings (SSSR count). The maximum Gasteiger partial charge on any atom is 0.425 e. The summed E-state index contributed by atoms with van der Waals surface area (Å²) >= 11 is 11.8. The van der Waals surface area contributed by atoms with E-state index < -0.39 is 22.9 Å². The Kier molecular flexibility index (Phi) is 7.09. The number of hydrogen-bond donors (Lipinski definition) is 1. The van der Waals surface area contributed by atoms with E-state index in [1.54, 1.807) is 18.2 Å². The molecule has 0 aliphatic heterocycles. The lowest BCUT2D eigenvalue weighted by molar-refractivity contribution is -0.248. The lowest BCUT2D eigenvalue weighted by atomic mass is 9.84. The van der Waals surface area contributed by atoms with E-state index in [-0.39, 0.29) is 15.8 Å². The third-order valence-corrected chi connectivity index (χ3v) is 5.08. The van der Waals surface area contributed by atoms with Crippen molar-refractivity contribution in [3.05, 3.63) is 57.1 Å². The van der Waals surface area contributed by atoms with Crippen molar-refractivity contribution in [2.75, 3.05) is 20.7 Å².